The zero-order valence-electron chi connectivity index (χ0n) is 11.8. The summed E-state index contributed by atoms with van der Waals surface area (Å²) in [7, 11) is 0. The van der Waals surface area contributed by atoms with Crippen LogP contribution < -0.4 is 10.6 Å². The normalized spacial score (nSPS) is 19.5. The SMILES string of the molecule is O=C(NC1CCCc2sccc21)c1ccc2c(c1)NCC2. The van der Waals surface area contributed by atoms with Crippen molar-refractivity contribution in [1.29, 1.82) is 0 Å². The van der Waals surface area contributed by atoms with E-state index in [-0.39, 0.29) is 11.9 Å². The molecule has 0 fully saturated rings. The Morgan fingerprint density at radius 1 is 1.29 bits per heavy atom. The molecular formula is C17H18N2OS. The molecule has 108 valence electrons. The van der Waals surface area contributed by atoms with Crippen LogP contribution >= 0.6 is 11.3 Å². The van der Waals surface area contributed by atoms with Gasteiger partial charge in [0.05, 0.1) is 6.04 Å². The maximum absolute atomic E-state index is 12.5. The molecule has 1 unspecified atom stereocenters. The van der Waals surface area contributed by atoms with Gasteiger partial charge in [0, 0.05) is 22.7 Å². The Morgan fingerprint density at radius 3 is 3.19 bits per heavy atom. The highest BCUT2D eigenvalue weighted by molar-refractivity contribution is 7.10. The minimum Gasteiger partial charge on any atom is -0.384 e. The van der Waals surface area contributed by atoms with E-state index in [9.17, 15) is 4.79 Å². The third-order valence-corrected chi connectivity index (χ3v) is 5.44. The van der Waals surface area contributed by atoms with Crippen molar-refractivity contribution in [2.75, 3.05) is 11.9 Å². The van der Waals surface area contributed by atoms with E-state index in [2.05, 4.69) is 28.1 Å². The fourth-order valence-electron chi connectivity index (χ4n) is 3.31. The summed E-state index contributed by atoms with van der Waals surface area (Å²) in [6.07, 6.45) is 4.41. The van der Waals surface area contributed by atoms with Crippen molar-refractivity contribution < 1.29 is 4.79 Å². The summed E-state index contributed by atoms with van der Waals surface area (Å²) < 4.78 is 0. The second kappa shape index (κ2) is 5.19. The highest BCUT2D eigenvalue weighted by atomic mass is 32.1. The highest BCUT2D eigenvalue weighted by Gasteiger charge is 2.23. The van der Waals surface area contributed by atoms with Crippen molar-refractivity contribution in [2.24, 2.45) is 0 Å². The molecule has 2 aromatic rings. The number of nitrogens with one attached hydrogen (secondary N) is 2. The van der Waals surface area contributed by atoms with E-state index in [4.69, 9.17) is 0 Å². The number of rotatable bonds is 2. The highest BCUT2D eigenvalue weighted by Crippen LogP contribution is 2.33. The van der Waals surface area contributed by atoms with E-state index in [1.165, 1.54) is 16.0 Å². The summed E-state index contributed by atoms with van der Waals surface area (Å²) in [5, 5.41) is 8.67. The van der Waals surface area contributed by atoms with Crippen molar-refractivity contribution in [3.63, 3.8) is 0 Å². The minimum atomic E-state index is 0.0375. The molecule has 21 heavy (non-hydrogen) atoms. The van der Waals surface area contributed by atoms with Crippen molar-refractivity contribution in [3.05, 3.63) is 51.2 Å². The molecule has 2 aliphatic rings. The molecule has 1 aliphatic heterocycles. The van der Waals surface area contributed by atoms with Crippen LogP contribution in [0.2, 0.25) is 0 Å². The van der Waals surface area contributed by atoms with Gasteiger partial charge < -0.3 is 10.6 Å². The Bertz CT molecular complexity index is 692. The van der Waals surface area contributed by atoms with Gasteiger partial charge >= 0.3 is 0 Å². The first-order valence-corrected chi connectivity index (χ1v) is 8.43. The smallest absolute Gasteiger partial charge is 0.251 e. The van der Waals surface area contributed by atoms with Crippen molar-refractivity contribution in [3.8, 4) is 0 Å². The Balaban J connectivity index is 1.54. The van der Waals surface area contributed by atoms with Crippen LogP contribution in [0, 0.1) is 0 Å². The van der Waals surface area contributed by atoms with Crippen LogP contribution in [-0.2, 0) is 12.8 Å². The molecule has 0 saturated heterocycles. The van der Waals surface area contributed by atoms with Gasteiger partial charge in [0.15, 0.2) is 0 Å². The Hall–Kier alpha value is -1.81. The predicted octanol–water partition coefficient (Wildman–Crippen LogP) is 3.52. The summed E-state index contributed by atoms with van der Waals surface area (Å²) in [6, 6.07) is 8.33. The monoisotopic (exact) mass is 298 g/mol. The quantitative estimate of drug-likeness (QED) is 0.890. The number of amides is 1. The first-order chi connectivity index (χ1) is 10.3. The maximum atomic E-state index is 12.5. The minimum absolute atomic E-state index is 0.0375. The number of carbonyl (C=O) groups excluding carboxylic acids is 1. The van der Waals surface area contributed by atoms with Gasteiger partial charge in [0.2, 0.25) is 0 Å². The summed E-state index contributed by atoms with van der Waals surface area (Å²) in [6.45, 7) is 0.974. The Kier molecular flexibility index (Phi) is 3.19. The molecular weight excluding hydrogens is 280 g/mol. The van der Waals surface area contributed by atoms with E-state index in [1.54, 1.807) is 0 Å². The molecule has 4 rings (SSSR count). The number of hydrogen-bond donors (Lipinski definition) is 2. The first kappa shape index (κ1) is 12.9. The lowest BCUT2D eigenvalue weighted by atomic mass is 9.94. The summed E-state index contributed by atoms with van der Waals surface area (Å²) in [4.78, 5) is 13.9. The topological polar surface area (TPSA) is 41.1 Å². The molecule has 2 N–H and O–H groups in total. The number of fused-ring (bicyclic) bond motifs is 2. The molecule has 1 amide bonds. The van der Waals surface area contributed by atoms with Gasteiger partial charge in [-0.3, -0.25) is 4.79 Å². The van der Waals surface area contributed by atoms with Crippen molar-refractivity contribution in [2.45, 2.75) is 31.7 Å². The number of hydrogen-bond acceptors (Lipinski definition) is 3. The number of aryl methyl sites for hydroxylation is 1. The van der Waals surface area contributed by atoms with E-state index in [0.29, 0.717) is 0 Å². The van der Waals surface area contributed by atoms with Gasteiger partial charge in [-0.25, -0.2) is 0 Å². The zero-order valence-corrected chi connectivity index (χ0v) is 12.6. The average molecular weight is 298 g/mol. The summed E-state index contributed by atoms with van der Waals surface area (Å²) in [5.41, 5.74) is 4.50. The molecule has 1 atom stereocenters. The van der Waals surface area contributed by atoms with Crippen LogP contribution in [0.25, 0.3) is 0 Å². The predicted molar refractivity (Wildman–Crippen MR) is 86.1 cm³/mol. The molecule has 2 heterocycles. The third kappa shape index (κ3) is 2.33. The molecule has 0 spiro atoms. The summed E-state index contributed by atoms with van der Waals surface area (Å²) >= 11 is 1.81. The second-order valence-corrected chi connectivity index (χ2v) is 6.77. The maximum Gasteiger partial charge on any atom is 0.251 e. The van der Waals surface area contributed by atoms with E-state index in [0.717, 1.165) is 43.5 Å². The fourth-order valence-corrected chi connectivity index (χ4v) is 4.30. The number of anilines is 1. The molecule has 4 heteroatoms. The molecule has 0 bridgehead atoms. The van der Waals surface area contributed by atoms with E-state index < -0.39 is 0 Å². The van der Waals surface area contributed by atoms with Crippen molar-refractivity contribution >= 4 is 22.9 Å². The lowest BCUT2D eigenvalue weighted by Crippen LogP contribution is -2.30. The van der Waals surface area contributed by atoms with Gasteiger partial charge in [-0.05, 0) is 60.4 Å². The largest absolute Gasteiger partial charge is 0.384 e. The first-order valence-electron chi connectivity index (χ1n) is 7.55. The van der Waals surface area contributed by atoms with Crippen LogP contribution in [0.15, 0.2) is 29.6 Å². The van der Waals surface area contributed by atoms with Crippen LogP contribution in [0.5, 0.6) is 0 Å². The summed E-state index contributed by atoms with van der Waals surface area (Å²) in [5.74, 6) is 0.0375. The number of thiophene rings is 1. The number of benzene rings is 1. The molecule has 0 saturated carbocycles. The average Bonchev–Trinajstić information content (AvgIpc) is 3.15. The Labute approximate surface area is 128 Å². The zero-order chi connectivity index (χ0) is 14.2. The lowest BCUT2D eigenvalue weighted by Gasteiger charge is -2.23. The Morgan fingerprint density at radius 2 is 2.24 bits per heavy atom. The molecule has 1 aromatic carbocycles. The molecule has 1 aromatic heterocycles. The van der Waals surface area contributed by atoms with Crippen LogP contribution in [0.4, 0.5) is 5.69 Å². The van der Waals surface area contributed by atoms with Crippen LogP contribution in [-0.4, -0.2) is 12.5 Å². The number of carbonyl (C=O) groups is 1. The van der Waals surface area contributed by atoms with Gasteiger partial charge in [0.1, 0.15) is 0 Å². The van der Waals surface area contributed by atoms with Crippen LogP contribution in [0.1, 0.15) is 45.2 Å². The second-order valence-electron chi connectivity index (χ2n) is 5.77. The standard InChI is InChI=1S/C17H18N2OS/c20-17(12-5-4-11-6-8-18-15(11)10-12)19-14-2-1-3-16-13(14)7-9-21-16/h4-5,7,9-10,14,18H,1-3,6,8H2,(H,19,20). The molecule has 1 aliphatic carbocycles. The van der Waals surface area contributed by atoms with Gasteiger partial charge in [-0.15, -0.1) is 11.3 Å². The third-order valence-electron chi connectivity index (χ3n) is 4.44. The molecule has 3 nitrogen and oxygen atoms in total. The van der Waals surface area contributed by atoms with Gasteiger partial charge in [0.25, 0.3) is 5.91 Å². The van der Waals surface area contributed by atoms with Crippen LogP contribution in [0.3, 0.4) is 0 Å². The van der Waals surface area contributed by atoms with Gasteiger partial charge in [-0.1, -0.05) is 6.07 Å². The van der Waals surface area contributed by atoms with Crippen molar-refractivity contribution in [1.82, 2.24) is 5.32 Å². The lowest BCUT2D eigenvalue weighted by molar-refractivity contribution is 0.0933. The molecule has 0 radical (unpaired) electrons. The van der Waals surface area contributed by atoms with E-state index in [1.807, 2.05) is 23.5 Å². The fraction of sp³-hybridized carbons (Fsp3) is 0.353. The van der Waals surface area contributed by atoms with Gasteiger partial charge in [-0.2, -0.15) is 0 Å². The van der Waals surface area contributed by atoms with E-state index >= 15 is 0 Å².